The number of nitro benzene ring substituents is 3. The molecule has 0 unspecified atom stereocenters. The number of nitro groups is 3. The number of nitrogen functional groups attached to an aromatic ring is 1. The van der Waals surface area contributed by atoms with E-state index >= 15 is 0 Å². The van der Waals surface area contributed by atoms with E-state index in [0.29, 0.717) is 29.6 Å². The van der Waals surface area contributed by atoms with E-state index in [1.807, 2.05) is 0 Å². The number of non-ortho nitro benzene ring substituents is 1. The molecule has 0 fully saturated rings. The van der Waals surface area contributed by atoms with Crippen LogP contribution in [0.3, 0.4) is 0 Å². The average Bonchev–Trinajstić information content (AvgIpc) is 2.60. The lowest BCUT2D eigenvalue weighted by Gasteiger charge is -2.06. The fourth-order valence-electron chi connectivity index (χ4n) is 1.73. The van der Waals surface area contributed by atoms with E-state index in [4.69, 9.17) is 15.2 Å². The van der Waals surface area contributed by atoms with Crippen molar-refractivity contribution in [1.82, 2.24) is 0 Å². The lowest BCUT2D eigenvalue weighted by atomic mass is 10.2. The van der Waals surface area contributed by atoms with Gasteiger partial charge < -0.3 is 14.6 Å². The van der Waals surface area contributed by atoms with Crippen LogP contribution in [0.15, 0.2) is 24.3 Å². The number of hydrogen-bond acceptors (Lipinski definition) is 10. The van der Waals surface area contributed by atoms with Crippen molar-refractivity contribution in [3.05, 3.63) is 54.6 Å². The van der Waals surface area contributed by atoms with Crippen LogP contribution in [0.25, 0.3) is 0 Å². The van der Waals surface area contributed by atoms with Crippen LogP contribution in [0, 0.1) is 30.3 Å². The number of ether oxygens (including phenoxy) is 2. The van der Waals surface area contributed by atoms with Crippen LogP contribution >= 0.6 is 0 Å². The summed E-state index contributed by atoms with van der Waals surface area (Å²) in [5, 5.41) is 42.1. The van der Waals surface area contributed by atoms with Crippen LogP contribution in [-0.4, -0.2) is 29.0 Å². The first-order valence-corrected chi connectivity index (χ1v) is 6.79. The van der Waals surface area contributed by atoms with Crippen LogP contribution in [0.2, 0.25) is 0 Å². The number of nitrogens with zero attached hydrogens (tertiary/aromatic N) is 3. The quantitative estimate of drug-likeness (QED) is 0.560. The Labute approximate surface area is 150 Å². The standard InChI is InChI=1S/C7H10N2O2.C6H3N3O7/c1-10-5-3-6(8)9-7(4-5)11-2;10-6-4(8(13)14)1-3(7(11)12)2-5(6)9(15)16/h3-4H,1-2H3,(H2,8,9);1-2,10H. The summed E-state index contributed by atoms with van der Waals surface area (Å²) in [4.78, 5) is 30.3. The van der Waals surface area contributed by atoms with Gasteiger partial charge in [-0.25, -0.2) is 4.98 Å². The van der Waals surface area contributed by atoms with Gasteiger partial charge in [0.1, 0.15) is 5.75 Å². The summed E-state index contributed by atoms with van der Waals surface area (Å²) >= 11 is 0. The van der Waals surface area contributed by atoms with Crippen LogP contribution in [-0.2, 0) is 0 Å². The normalized spacial score (nSPS) is 9.56. The molecule has 1 aromatic carbocycles. The van der Waals surface area contributed by atoms with E-state index in [-0.39, 0.29) is 0 Å². The molecule has 14 heteroatoms. The van der Waals surface area contributed by atoms with E-state index in [0.717, 1.165) is 0 Å². The number of aromatic amines is 1. The third kappa shape index (κ3) is 5.38. The number of nitrogens with two attached hydrogens (primary N) is 1. The second kappa shape index (κ2) is 8.75. The Kier molecular flexibility index (Phi) is 6.74. The van der Waals surface area contributed by atoms with Crippen molar-refractivity contribution in [2.45, 2.75) is 0 Å². The van der Waals surface area contributed by atoms with E-state index in [1.54, 1.807) is 26.4 Å². The topological polar surface area (TPSA) is 211 Å². The van der Waals surface area contributed by atoms with Crippen molar-refractivity contribution < 1.29 is 34.3 Å². The van der Waals surface area contributed by atoms with Crippen molar-refractivity contribution >= 4 is 22.9 Å². The molecule has 14 nitrogen and oxygen atoms in total. The predicted molar refractivity (Wildman–Crippen MR) is 86.4 cm³/mol. The zero-order chi connectivity index (χ0) is 20.7. The SMILES string of the molecule is COc1cc(N)[nH+]c(OC)c1.O=[N+]([O-])c1cc([N+](=O)[O-])c([O-])c([N+](=O)[O-])c1. The van der Waals surface area contributed by atoms with Crippen LogP contribution in [0.5, 0.6) is 17.4 Å². The number of nitrogens with one attached hydrogen (secondary N) is 1. The highest BCUT2D eigenvalue weighted by molar-refractivity contribution is 5.64. The Morgan fingerprint density at radius 1 is 0.889 bits per heavy atom. The molecule has 2 rings (SSSR count). The molecule has 0 atom stereocenters. The highest BCUT2D eigenvalue weighted by atomic mass is 16.6. The molecule has 1 heterocycles. The van der Waals surface area contributed by atoms with Crippen molar-refractivity contribution in [2.75, 3.05) is 20.0 Å². The zero-order valence-electron chi connectivity index (χ0n) is 13.9. The number of hydrogen-bond donors (Lipinski definition) is 1. The van der Waals surface area contributed by atoms with E-state index in [1.165, 1.54) is 0 Å². The van der Waals surface area contributed by atoms with Crippen molar-refractivity contribution in [1.29, 1.82) is 0 Å². The molecule has 0 saturated heterocycles. The second-order valence-corrected chi connectivity index (χ2v) is 4.63. The maximum Gasteiger partial charge on any atom is 0.285 e. The van der Waals surface area contributed by atoms with Gasteiger partial charge in [0, 0.05) is 0 Å². The van der Waals surface area contributed by atoms with Gasteiger partial charge in [0.2, 0.25) is 0 Å². The molecule has 0 aliphatic rings. The molecule has 27 heavy (non-hydrogen) atoms. The molecule has 1 aromatic heterocycles. The maximum absolute atomic E-state index is 11.1. The minimum atomic E-state index is -1.46. The summed E-state index contributed by atoms with van der Waals surface area (Å²) in [7, 11) is 3.14. The van der Waals surface area contributed by atoms with Crippen LogP contribution in [0.1, 0.15) is 0 Å². The molecule has 0 bridgehead atoms. The van der Waals surface area contributed by atoms with Crippen molar-refractivity contribution in [3.8, 4) is 17.4 Å². The minimum absolute atomic E-state index is 0.384. The summed E-state index contributed by atoms with van der Waals surface area (Å²) in [5.74, 6) is 0.321. The third-order valence-electron chi connectivity index (χ3n) is 2.93. The molecule has 144 valence electrons. The third-order valence-corrected chi connectivity index (χ3v) is 2.93. The lowest BCUT2D eigenvalue weighted by Crippen LogP contribution is -2.13. The Morgan fingerprint density at radius 2 is 1.41 bits per heavy atom. The zero-order valence-corrected chi connectivity index (χ0v) is 13.9. The van der Waals surface area contributed by atoms with Gasteiger partial charge in [-0.15, -0.1) is 0 Å². The number of pyridine rings is 1. The highest BCUT2D eigenvalue weighted by Gasteiger charge is 2.24. The fraction of sp³-hybridized carbons (Fsp3) is 0.154. The van der Waals surface area contributed by atoms with Crippen LogP contribution < -0.4 is 25.3 Å². The molecular formula is C13H13N5O9. The molecule has 2 aromatic rings. The van der Waals surface area contributed by atoms with Crippen molar-refractivity contribution in [3.63, 3.8) is 0 Å². The number of methoxy groups -OCH3 is 2. The number of aromatic nitrogens is 1. The summed E-state index contributed by atoms with van der Waals surface area (Å²) in [5.41, 5.74) is 2.23. The first kappa shape index (κ1) is 20.8. The van der Waals surface area contributed by atoms with Gasteiger partial charge in [0.15, 0.2) is 0 Å². The molecule has 0 saturated carbocycles. The Morgan fingerprint density at radius 3 is 1.78 bits per heavy atom. The van der Waals surface area contributed by atoms with Gasteiger partial charge in [-0.05, 0) is 0 Å². The first-order chi connectivity index (χ1) is 12.6. The van der Waals surface area contributed by atoms with Crippen molar-refractivity contribution in [2.24, 2.45) is 0 Å². The van der Waals surface area contributed by atoms with Gasteiger partial charge in [-0.3, -0.25) is 36.1 Å². The fourth-order valence-corrected chi connectivity index (χ4v) is 1.73. The number of benzene rings is 1. The lowest BCUT2D eigenvalue weighted by molar-refractivity contribution is -0.420. The van der Waals surface area contributed by atoms with Crippen LogP contribution in [0.4, 0.5) is 22.9 Å². The largest absolute Gasteiger partial charge is 0.863 e. The summed E-state index contributed by atoms with van der Waals surface area (Å²) in [6.07, 6.45) is 0. The maximum atomic E-state index is 11.1. The number of H-pyrrole nitrogens is 1. The Balaban J connectivity index is 0.000000289. The first-order valence-electron chi connectivity index (χ1n) is 6.79. The number of anilines is 1. The smallest absolute Gasteiger partial charge is 0.285 e. The average molecular weight is 383 g/mol. The summed E-state index contributed by atoms with van der Waals surface area (Å²) in [6.45, 7) is 0. The molecule has 0 amide bonds. The van der Waals surface area contributed by atoms with E-state index in [9.17, 15) is 35.4 Å². The highest BCUT2D eigenvalue weighted by Crippen LogP contribution is 2.36. The summed E-state index contributed by atoms with van der Waals surface area (Å²) in [6, 6.07) is 4.17. The molecule has 0 radical (unpaired) electrons. The van der Waals surface area contributed by atoms with Gasteiger partial charge in [-0.1, -0.05) is 0 Å². The van der Waals surface area contributed by atoms with Gasteiger partial charge >= 0.3 is 0 Å². The predicted octanol–water partition coefficient (Wildman–Crippen LogP) is 0.585. The number of rotatable bonds is 5. The Hall–Kier alpha value is -4.23. The van der Waals surface area contributed by atoms with Gasteiger partial charge in [0.25, 0.3) is 28.8 Å². The molecule has 0 spiro atoms. The summed E-state index contributed by atoms with van der Waals surface area (Å²) < 4.78 is 9.88. The molecule has 3 N–H and O–H groups in total. The van der Waals surface area contributed by atoms with Gasteiger partial charge in [0.05, 0.1) is 59.0 Å². The molecule has 0 aliphatic carbocycles. The molecular weight excluding hydrogens is 370 g/mol. The van der Waals surface area contributed by atoms with Gasteiger partial charge in [-0.2, -0.15) is 0 Å². The molecule has 0 aliphatic heterocycles. The Bertz CT molecular complexity index is 829. The van der Waals surface area contributed by atoms with E-state index < -0.39 is 37.6 Å². The van der Waals surface area contributed by atoms with E-state index in [2.05, 4.69) is 4.98 Å². The minimum Gasteiger partial charge on any atom is -0.863 e. The monoisotopic (exact) mass is 383 g/mol. The second-order valence-electron chi connectivity index (χ2n) is 4.63.